The van der Waals surface area contributed by atoms with E-state index in [4.69, 9.17) is 4.52 Å². The Balaban J connectivity index is 2.47. The standard InChI is InChI=1S/C15H21N3O3/c1-8-7-10(11-9(2)18-21-13(11)16-8)12(19)17-14(3,4)15(5,6)20/h7,20H,1-6H3,(H,17,19). The van der Waals surface area contributed by atoms with Crippen LogP contribution in [0.1, 0.15) is 49.4 Å². The van der Waals surface area contributed by atoms with E-state index in [0.29, 0.717) is 28.1 Å². The van der Waals surface area contributed by atoms with E-state index in [1.807, 2.05) is 0 Å². The van der Waals surface area contributed by atoms with Gasteiger partial charge in [-0.05, 0) is 47.6 Å². The van der Waals surface area contributed by atoms with E-state index < -0.39 is 11.1 Å². The number of hydrogen-bond donors (Lipinski definition) is 2. The number of aromatic nitrogens is 2. The van der Waals surface area contributed by atoms with Crippen molar-refractivity contribution < 1.29 is 14.4 Å². The van der Waals surface area contributed by atoms with Crippen molar-refractivity contribution in [2.75, 3.05) is 0 Å². The maximum Gasteiger partial charge on any atom is 0.258 e. The molecule has 0 atom stereocenters. The minimum Gasteiger partial charge on any atom is -0.388 e. The van der Waals surface area contributed by atoms with Crippen LogP contribution in [0.3, 0.4) is 0 Å². The van der Waals surface area contributed by atoms with Crippen LogP contribution < -0.4 is 5.32 Å². The van der Waals surface area contributed by atoms with Gasteiger partial charge in [0.15, 0.2) is 0 Å². The van der Waals surface area contributed by atoms with E-state index in [1.54, 1.807) is 47.6 Å². The number of aliphatic hydroxyl groups is 1. The minimum atomic E-state index is -1.06. The molecule has 114 valence electrons. The molecule has 2 aromatic heterocycles. The first-order chi connectivity index (χ1) is 9.53. The lowest BCUT2D eigenvalue weighted by molar-refractivity contribution is -0.00289. The van der Waals surface area contributed by atoms with Crippen molar-refractivity contribution in [2.45, 2.75) is 52.7 Å². The number of aryl methyl sites for hydroxylation is 2. The first-order valence-corrected chi connectivity index (χ1v) is 6.81. The van der Waals surface area contributed by atoms with Crippen molar-refractivity contribution in [3.63, 3.8) is 0 Å². The summed E-state index contributed by atoms with van der Waals surface area (Å²) in [7, 11) is 0. The van der Waals surface area contributed by atoms with Gasteiger partial charge in [0.25, 0.3) is 11.6 Å². The lowest BCUT2D eigenvalue weighted by Gasteiger charge is -2.38. The number of rotatable bonds is 3. The van der Waals surface area contributed by atoms with Gasteiger partial charge in [-0.25, -0.2) is 4.98 Å². The summed E-state index contributed by atoms with van der Waals surface area (Å²) in [6, 6.07) is 1.70. The van der Waals surface area contributed by atoms with Gasteiger partial charge in [0, 0.05) is 5.69 Å². The number of nitrogens with one attached hydrogen (secondary N) is 1. The molecular formula is C15H21N3O3. The molecule has 0 aromatic carbocycles. The van der Waals surface area contributed by atoms with Crippen molar-refractivity contribution in [2.24, 2.45) is 0 Å². The van der Waals surface area contributed by atoms with Crippen molar-refractivity contribution >= 4 is 17.0 Å². The van der Waals surface area contributed by atoms with E-state index in [0.717, 1.165) is 0 Å². The Morgan fingerprint density at radius 1 is 1.29 bits per heavy atom. The zero-order valence-corrected chi connectivity index (χ0v) is 13.2. The van der Waals surface area contributed by atoms with Gasteiger partial charge in [0.1, 0.15) is 0 Å². The van der Waals surface area contributed by atoms with Crippen LogP contribution in [0.25, 0.3) is 11.1 Å². The number of carbonyl (C=O) groups excluding carboxylic acids is 1. The molecule has 0 spiro atoms. The molecule has 2 rings (SSSR count). The van der Waals surface area contributed by atoms with Crippen LogP contribution in [-0.2, 0) is 0 Å². The molecule has 0 aliphatic heterocycles. The third-order valence-electron chi connectivity index (χ3n) is 3.95. The van der Waals surface area contributed by atoms with Crippen LogP contribution in [0.5, 0.6) is 0 Å². The maximum absolute atomic E-state index is 12.6. The van der Waals surface area contributed by atoms with E-state index in [2.05, 4.69) is 15.5 Å². The van der Waals surface area contributed by atoms with E-state index >= 15 is 0 Å². The maximum atomic E-state index is 12.6. The molecule has 0 unspecified atom stereocenters. The third-order valence-corrected chi connectivity index (χ3v) is 3.95. The van der Waals surface area contributed by atoms with Gasteiger partial charge in [0.05, 0.1) is 27.8 Å². The number of pyridine rings is 1. The Kier molecular flexibility index (Phi) is 3.53. The Bertz CT molecular complexity index is 696. The van der Waals surface area contributed by atoms with E-state index in [-0.39, 0.29) is 5.91 Å². The molecular weight excluding hydrogens is 270 g/mol. The summed E-state index contributed by atoms with van der Waals surface area (Å²) in [5.41, 5.74) is 0.229. The SMILES string of the molecule is Cc1cc(C(=O)NC(C)(C)C(C)(C)O)c2c(C)noc2n1. The van der Waals surface area contributed by atoms with Gasteiger partial charge in [-0.1, -0.05) is 5.16 Å². The van der Waals surface area contributed by atoms with Crippen molar-refractivity contribution in [1.29, 1.82) is 0 Å². The highest BCUT2D eigenvalue weighted by molar-refractivity contribution is 6.06. The zero-order valence-electron chi connectivity index (χ0n) is 13.2. The number of carbonyl (C=O) groups is 1. The van der Waals surface area contributed by atoms with Crippen LogP contribution >= 0.6 is 0 Å². The second-order valence-electron chi connectivity index (χ2n) is 6.40. The van der Waals surface area contributed by atoms with Gasteiger partial charge < -0.3 is 14.9 Å². The first kappa shape index (κ1) is 15.4. The smallest absolute Gasteiger partial charge is 0.258 e. The van der Waals surface area contributed by atoms with Crippen LogP contribution in [-0.4, -0.2) is 32.3 Å². The molecule has 2 aromatic rings. The molecule has 6 nitrogen and oxygen atoms in total. The van der Waals surface area contributed by atoms with Crippen LogP contribution in [0.15, 0.2) is 10.6 Å². The number of nitrogens with zero attached hydrogens (tertiary/aromatic N) is 2. The highest BCUT2D eigenvalue weighted by Crippen LogP contribution is 2.25. The molecule has 0 aliphatic rings. The van der Waals surface area contributed by atoms with Crippen molar-refractivity contribution in [3.05, 3.63) is 23.0 Å². The van der Waals surface area contributed by atoms with Gasteiger partial charge >= 0.3 is 0 Å². The van der Waals surface area contributed by atoms with Crippen molar-refractivity contribution in [1.82, 2.24) is 15.5 Å². The fraction of sp³-hybridized carbons (Fsp3) is 0.533. The summed E-state index contributed by atoms with van der Waals surface area (Å²) >= 11 is 0. The number of hydrogen-bond acceptors (Lipinski definition) is 5. The summed E-state index contributed by atoms with van der Waals surface area (Å²) in [6.45, 7) is 10.4. The predicted octanol–water partition coefficient (Wildman–Crippen LogP) is 2.12. The molecule has 6 heteroatoms. The molecule has 0 aliphatic carbocycles. The summed E-state index contributed by atoms with van der Waals surface area (Å²) in [4.78, 5) is 16.8. The topological polar surface area (TPSA) is 88.2 Å². The molecule has 0 bridgehead atoms. The Hall–Kier alpha value is -1.95. The molecule has 0 fully saturated rings. The molecule has 2 heterocycles. The zero-order chi connectivity index (χ0) is 16.0. The average molecular weight is 291 g/mol. The quantitative estimate of drug-likeness (QED) is 0.904. The number of amides is 1. The van der Waals surface area contributed by atoms with Gasteiger partial charge in [-0.2, -0.15) is 0 Å². The summed E-state index contributed by atoms with van der Waals surface area (Å²) < 4.78 is 5.13. The number of fused-ring (bicyclic) bond motifs is 1. The summed E-state index contributed by atoms with van der Waals surface area (Å²) in [5.74, 6) is -0.288. The molecule has 2 N–H and O–H groups in total. The third kappa shape index (κ3) is 2.76. The minimum absolute atomic E-state index is 0.288. The van der Waals surface area contributed by atoms with Gasteiger partial charge in [-0.15, -0.1) is 0 Å². The second kappa shape index (κ2) is 4.80. The summed E-state index contributed by atoms with van der Waals surface area (Å²) in [5, 5.41) is 17.5. The monoisotopic (exact) mass is 291 g/mol. The first-order valence-electron chi connectivity index (χ1n) is 6.81. The molecule has 0 radical (unpaired) electrons. The van der Waals surface area contributed by atoms with Crippen molar-refractivity contribution in [3.8, 4) is 0 Å². The Labute approximate surface area is 123 Å². The molecule has 21 heavy (non-hydrogen) atoms. The molecule has 0 saturated carbocycles. The highest BCUT2D eigenvalue weighted by atomic mass is 16.5. The van der Waals surface area contributed by atoms with E-state index in [9.17, 15) is 9.90 Å². The van der Waals surface area contributed by atoms with Crippen LogP contribution in [0.4, 0.5) is 0 Å². The molecule has 1 amide bonds. The van der Waals surface area contributed by atoms with Crippen LogP contribution in [0, 0.1) is 13.8 Å². The van der Waals surface area contributed by atoms with Gasteiger partial charge in [-0.3, -0.25) is 4.79 Å². The average Bonchev–Trinajstić information content (AvgIpc) is 2.67. The lowest BCUT2D eigenvalue weighted by Crippen LogP contribution is -2.57. The molecule has 0 saturated heterocycles. The Morgan fingerprint density at radius 3 is 2.48 bits per heavy atom. The normalized spacial score (nSPS) is 12.7. The second-order valence-corrected chi connectivity index (χ2v) is 6.40. The highest BCUT2D eigenvalue weighted by Gasteiger charge is 2.37. The Morgan fingerprint density at radius 2 is 1.90 bits per heavy atom. The van der Waals surface area contributed by atoms with Crippen LogP contribution in [0.2, 0.25) is 0 Å². The fourth-order valence-corrected chi connectivity index (χ4v) is 1.90. The summed E-state index contributed by atoms with van der Waals surface area (Å²) in [6.07, 6.45) is 0. The largest absolute Gasteiger partial charge is 0.388 e. The predicted molar refractivity (Wildman–Crippen MR) is 79.1 cm³/mol. The fourth-order valence-electron chi connectivity index (χ4n) is 1.90. The van der Waals surface area contributed by atoms with E-state index in [1.165, 1.54) is 0 Å². The van der Waals surface area contributed by atoms with Gasteiger partial charge in [0.2, 0.25) is 0 Å². The lowest BCUT2D eigenvalue weighted by atomic mass is 9.85.